The van der Waals surface area contributed by atoms with E-state index in [0.717, 1.165) is 18.5 Å². The zero-order valence-electron chi connectivity index (χ0n) is 11.4. The first-order valence-electron chi connectivity index (χ1n) is 7.12. The number of hydrogen-bond donors (Lipinski definition) is 1. The Bertz CT molecular complexity index is 176. The highest BCUT2D eigenvalue weighted by Gasteiger charge is 2.26. The fourth-order valence-electron chi connectivity index (χ4n) is 3.21. The van der Waals surface area contributed by atoms with E-state index in [-0.39, 0.29) is 0 Å². The summed E-state index contributed by atoms with van der Waals surface area (Å²) >= 11 is 0. The maximum atomic E-state index is 5.97. The van der Waals surface area contributed by atoms with Crippen LogP contribution in [0.5, 0.6) is 0 Å². The van der Waals surface area contributed by atoms with Gasteiger partial charge in [0.1, 0.15) is 0 Å². The minimum atomic E-state index is 0.586. The summed E-state index contributed by atoms with van der Waals surface area (Å²) in [5, 5.41) is 0. The molecular formula is C14H30N2. The molecule has 2 heteroatoms. The lowest BCUT2D eigenvalue weighted by Crippen LogP contribution is -2.48. The molecule has 0 aromatic heterocycles. The summed E-state index contributed by atoms with van der Waals surface area (Å²) in [7, 11) is 2.29. The van der Waals surface area contributed by atoms with Gasteiger partial charge in [-0.25, -0.2) is 0 Å². The molecule has 2 unspecified atom stereocenters. The number of nitrogens with zero attached hydrogens (tertiary/aromatic N) is 1. The lowest BCUT2D eigenvalue weighted by atomic mass is 9.90. The van der Waals surface area contributed by atoms with Crippen LogP contribution in [0, 0.1) is 5.92 Å². The van der Waals surface area contributed by atoms with Crippen molar-refractivity contribution >= 4 is 0 Å². The van der Waals surface area contributed by atoms with Crippen molar-refractivity contribution in [2.75, 3.05) is 13.6 Å². The number of nitrogens with two attached hydrogens (primary N) is 1. The van der Waals surface area contributed by atoms with Gasteiger partial charge in [0, 0.05) is 18.6 Å². The molecule has 2 nitrogen and oxygen atoms in total. The molecule has 0 amide bonds. The molecule has 96 valence electrons. The molecule has 0 radical (unpaired) electrons. The van der Waals surface area contributed by atoms with Crippen LogP contribution in [-0.4, -0.2) is 30.6 Å². The Hall–Kier alpha value is -0.0800. The third-order valence-corrected chi connectivity index (χ3v) is 4.32. The molecule has 0 spiro atoms. The molecule has 2 atom stereocenters. The molecule has 1 rings (SSSR count). The predicted octanol–water partition coefficient (Wildman–Crippen LogP) is 3.01. The molecule has 16 heavy (non-hydrogen) atoms. The SMILES string of the molecule is CCCC(C)C(CN)N(C)C1CCCCC1. The van der Waals surface area contributed by atoms with E-state index in [1.54, 1.807) is 0 Å². The fourth-order valence-corrected chi connectivity index (χ4v) is 3.21. The van der Waals surface area contributed by atoms with Gasteiger partial charge in [-0.3, -0.25) is 4.90 Å². The first kappa shape index (κ1) is 14.0. The molecular weight excluding hydrogens is 196 g/mol. The summed E-state index contributed by atoms with van der Waals surface area (Å²) in [5.41, 5.74) is 5.97. The van der Waals surface area contributed by atoms with Crippen molar-refractivity contribution in [3.8, 4) is 0 Å². The summed E-state index contributed by atoms with van der Waals surface area (Å²) in [6, 6.07) is 1.38. The zero-order chi connectivity index (χ0) is 12.0. The minimum absolute atomic E-state index is 0.586. The van der Waals surface area contributed by atoms with E-state index in [1.165, 1.54) is 44.9 Å². The van der Waals surface area contributed by atoms with Crippen LogP contribution in [0.2, 0.25) is 0 Å². The molecule has 1 aliphatic rings. The number of hydrogen-bond acceptors (Lipinski definition) is 2. The van der Waals surface area contributed by atoms with Gasteiger partial charge in [-0.15, -0.1) is 0 Å². The Kier molecular flexibility index (Phi) is 6.37. The summed E-state index contributed by atoms with van der Waals surface area (Å²) in [6.45, 7) is 5.44. The van der Waals surface area contributed by atoms with Gasteiger partial charge in [0.05, 0.1) is 0 Å². The van der Waals surface area contributed by atoms with Gasteiger partial charge >= 0.3 is 0 Å². The molecule has 2 N–H and O–H groups in total. The van der Waals surface area contributed by atoms with Gasteiger partial charge in [-0.05, 0) is 32.2 Å². The maximum Gasteiger partial charge on any atom is 0.0243 e. The minimum Gasteiger partial charge on any atom is -0.329 e. The van der Waals surface area contributed by atoms with Crippen molar-refractivity contribution in [2.45, 2.75) is 70.9 Å². The topological polar surface area (TPSA) is 29.3 Å². The van der Waals surface area contributed by atoms with Crippen LogP contribution >= 0.6 is 0 Å². The van der Waals surface area contributed by atoms with Crippen LogP contribution in [0.25, 0.3) is 0 Å². The molecule has 0 aromatic carbocycles. The third kappa shape index (κ3) is 3.74. The average Bonchev–Trinajstić information content (AvgIpc) is 2.31. The Labute approximate surface area is 102 Å². The number of rotatable bonds is 6. The highest BCUT2D eigenvalue weighted by atomic mass is 15.2. The van der Waals surface area contributed by atoms with Gasteiger partial charge in [0.2, 0.25) is 0 Å². The largest absolute Gasteiger partial charge is 0.329 e. The predicted molar refractivity (Wildman–Crippen MR) is 71.6 cm³/mol. The number of likely N-dealkylation sites (N-methyl/N-ethyl adjacent to an activating group) is 1. The Morgan fingerprint density at radius 1 is 1.25 bits per heavy atom. The van der Waals surface area contributed by atoms with E-state index in [4.69, 9.17) is 5.73 Å². The monoisotopic (exact) mass is 226 g/mol. The first-order chi connectivity index (χ1) is 7.70. The lowest BCUT2D eigenvalue weighted by Gasteiger charge is -2.39. The summed E-state index contributed by atoms with van der Waals surface area (Å²) in [5.74, 6) is 0.738. The van der Waals surface area contributed by atoms with Crippen LogP contribution in [0.3, 0.4) is 0 Å². The second-order valence-electron chi connectivity index (χ2n) is 5.53. The van der Waals surface area contributed by atoms with Gasteiger partial charge in [0.25, 0.3) is 0 Å². The highest BCUT2D eigenvalue weighted by Crippen LogP contribution is 2.25. The first-order valence-corrected chi connectivity index (χ1v) is 7.12. The molecule has 1 saturated carbocycles. The second-order valence-corrected chi connectivity index (χ2v) is 5.53. The molecule has 1 aliphatic carbocycles. The van der Waals surface area contributed by atoms with Crippen molar-refractivity contribution in [3.05, 3.63) is 0 Å². The Morgan fingerprint density at radius 2 is 1.88 bits per heavy atom. The quantitative estimate of drug-likeness (QED) is 0.754. The van der Waals surface area contributed by atoms with Crippen LogP contribution in [0.15, 0.2) is 0 Å². The van der Waals surface area contributed by atoms with Gasteiger partial charge < -0.3 is 5.73 Å². The van der Waals surface area contributed by atoms with Crippen LogP contribution in [-0.2, 0) is 0 Å². The third-order valence-electron chi connectivity index (χ3n) is 4.32. The maximum absolute atomic E-state index is 5.97. The van der Waals surface area contributed by atoms with Gasteiger partial charge in [-0.1, -0.05) is 39.5 Å². The van der Waals surface area contributed by atoms with E-state index < -0.39 is 0 Å². The highest BCUT2D eigenvalue weighted by molar-refractivity contribution is 4.82. The van der Waals surface area contributed by atoms with Crippen molar-refractivity contribution in [3.63, 3.8) is 0 Å². The van der Waals surface area contributed by atoms with Crippen LogP contribution < -0.4 is 5.73 Å². The van der Waals surface area contributed by atoms with E-state index in [9.17, 15) is 0 Å². The zero-order valence-corrected chi connectivity index (χ0v) is 11.4. The standard InChI is InChI=1S/C14H30N2/c1-4-8-12(2)14(11-15)16(3)13-9-6-5-7-10-13/h12-14H,4-11,15H2,1-3H3. The Balaban J connectivity index is 2.49. The van der Waals surface area contributed by atoms with Crippen molar-refractivity contribution in [1.82, 2.24) is 4.90 Å². The van der Waals surface area contributed by atoms with E-state index in [2.05, 4.69) is 25.8 Å². The molecule has 0 saturated heterocycles. The molecule has 0 heterocycles. The van der Waals surface area contributed by atoms with Crippen molar-refractivity contribution < 1.29 is 0 Å². The molecule has 0 aliphatic heterocycles. The second kappa shape index (κ2) is 7.29. The molecule has 0 bridgehead atoms. The smallest absolute Gasteiger partial charge is 0.0243 e. The Morgan fingerprint density at radius 3 is 2.38 bits per heavy atom. The van der Waals surface area contributed by atoms with Crippen LogP contribution in [0.1, 0.15) is 58.8 Å². The average molecular weight is 226 g/mol. The lowest BCUT2D eigenvalue weighted by molar-refractivity contribution is 0.104. The molecule has 1 fully saturated rings. The normalized spacial score (nSPS) is 22.3. The van der Waals surface area contributed by atoms with Crippen LogP contribution in [0.4, 0.5) is 0 Å². The summed E-state index contributed by atoms with van der Waals surface area (Å²) in [4.78, 5) is 2.58. The van der Waals surface area contributed by atoms with Crippen molar-refractivity contribution in [2.24, 2.45) is 11.7 Å². The van der Waals surface area contributed by atoms with Gasteiger partial charge in [-0.2, -0.15) is 0 Å². The summed E-state index contributed by atoms with van der Waals surface area (Å²) in [6.07, 6.45) is 9.60. The van der Waals surface area contributed by atoms with Crippen molar-refractivity contribution in [1.29, 1.82) is 0 Å². The summed E-state index contributed by atoms with van der Waals surface area (Å²) < 4.78 is 0. The molecule has 0 aromatic rings. The van der Waals surface area contributed by atoms with Gasteiger partial charge in [0.15, 0.2) is 0 Å². The van der Waals surface area contributed by atoms with E-state index >= 15 is 0 Å². The van der Waals surface area contributed by atoms with E-state index in [0.29, 0.717) is 6.04 Å². The van der Waals surface area contributed by atoms with E-state index in [1.807, 2.05) is 0 Å². The fraction of sp³-hybridized carbons (Fsp3) is 1.00.